The average molecular weight is 227 g/mol. The molecule has 2 N–H and O–H groups in total. The van der Waals surface area contributed by atoms with E-state index in [0.29, 0.717) is 12.0 Å². The molecule has 2 unspecified atom stereocenters. The molecule has 1 aromatic rings. The third-order valence-corrected chi connectivity index (χ3v) is 3.10. The van der Waals surface area contributed by atoms with Gasteiger partial charge >= 0.3 is 0 Å². The minimum Gasteiger partial charge on any atom is -0.396 e. The highest BCUT2D eigenvalue weighted by Gasteiger charge is 2.24. The molecule has 1 aromatic carbocycles. The first kappa shape index (κ1) is 11.5. The van der Waals surface area contributed by atoms with Crippen LogP contribution in [-0.4, -0.2) is 18.3 Å². The van der Waals surface area contributed by atoms with Crippen LogP contribution in [0.25, 0.3) is 0 Å². The molecule has 0 amide bonds. The smallest absolute Gasteiger partial charge is 0.128 e. The van der Waals surface area contributed by atoms with Crippen molar-refractivity contribution in [3.05, 3.63) is 35.4 Å². The van der Waals surface area contributed by atoms with Gasteiger partial charge in [-0.2, -0.15) is 0 Å². The number of piperidine rings is 1. The zero-order chi connectivity index (χ0) is 11.5. The summed E-state index contributed by atoms with van der Waals surface area (Å²) in [6, 6.07) is 3.30. The second kappa shape index (κ2) is 4.89. The zero-order valence-electron chi connectivity index (χ0n) is 8.92. The summed E-state index contributed by atoms with van der Waals surface area (Å²) in [5, 5.41) is 12.2. The van der Waals surface area contributed by atoms with E-state index in [4.69, 9.17) is 5.11 Å². The molecule has 16 heavy (non-hydrogen) atoms. The fourth-order valence-electron chi connectivity index (χ4n) is 2.18. The molecule has 1 heterocycles. The molecule has 1 aliphatic heterocycles. The first-order valence-corrected chi connectivity index (χ1v) is 5.50. The number of hydrogen-bond donors (Lipinski definition) is 2. The van der Waals surface area contributed by atoms with E-state index in [0.717, 1.165) is 25.1 Å². The van der Waals surface area contributed by atoms with Crippen molar-refractivity contribution in [2.75, 3.05) is 13.2 Å². The Morgan fingerprint density at radius 1 is 1.38 bits per heavy atom. The fourth-order valence-corrected chi connectivity index (χ4v) is 2.18. The minimum absolute atomic E-state index is 0.106. The maximum absolute atomic E-state index is 13.5. The van der Waals surface area contributed by atoms with Crippen molar-refractivity contribution >= 4 is 0 Å². The normalized spacial score (nSPS) is 25.7. The second-order valence-electron chi connectivity index (χ2n) is 4.25. The van der Waals surface area contributed by atoms with Gasteiger partial charge in [0.25, 0.3) is 0 Å². The van der Waals surface area contributed by atoms with Crippen LogP contribution in [-0.2, 0) is 0 Å². The topological polar surface area (TPSA) is 32.3 Å². The van der Waals surface area contributed by atoms with Gasteiger partial charge in [0.2, 0.25) is 0 Å². The van der Waals surface area contributed by atoms with E-state index < -0.39 is 11.6 Å². The lowest BCUT2D eigenvalue weighted by Crippen LogP contribution is -2.33. The molecule has 2 atom stereocenters. The van der Waals surface area contributed by atoms with Gasteiger partial charge in [0.05, 0.1) is 0 Å². The Balaban J connectivity index is 2.19. The van der Waals surface area contributed by atoms with Crippen molar-refractivity contribution in [2.45, 2.75) is 18.9 Å². The Labute approximate surface area is 93.3 Å². The molecule has 0 aromatic heterocycles. The van der Waals surface area contributed by atoms with E-state index in [2.05, 4.69) is 5.32 Å². The maximum Gasteiger partial charge on any atom is 0.128 e. The first-order valence-electron chi connectivity index (χ1n) is 5.50. The lowest BCUT2D eigenvalue weighted by Gasteiger charge is -2.29. The first-order chi connectivity index (χ1) is 7.70. The van der Waals surface area contributed by atoms with Crippen molar-refractivity contribution in [2.24, 2.45) is 5.92 Å². The number of nitrogens with one attached hydrogen (secondary N) is 1. The summed E-state index contributed by atoms with van der Waals surface area (Å²) in [4.78, 5) is 0. The minimum atomic E-state index is -0.427. The molecular weight excluding hydrogens is 212 g/mol. The van der Waals surface area contributed by atoms with Gasteiger partial charge < -0.3 is 10.4 Å². The number of rotatable bonds is 2. The van der Waals surface area contributed by atoms with Crippen LogP contribution in [0.3, 0.4) is 0 Å². The van der Waals surface area contributed by atoms with Crippen LogP contribution < -0.4 is 5.32 Å². The molecule has 2 rings (SSSR count). The average Bonchev–Trinajstić information content (AvgIpc) is 2.32. The molecule has 0 bridgehead atoms. The predicted octanol–water partition coefficient (Wildman–Crippen LogP) is 2.00. The van der Waals surface area contributed by atoms with Gasteiger partial charge in [-0.1, -0.05) is 0 Å². The number of aliphatic hydroxyl groups is 1. The number of aliphatic hydroxyl groups excluding tert-OH is 1. The van der Waals surface area contributed by atoms with E-state index in [1.165, 1.54) is 6.07 Å². The summed E-state index contributed by atoms with van der Waals surface area (Å²) < 4.78 is 26.6. The Morgan fingerprint density at radius 2 is 2.19 bits per heavy atom. The summed E-state index contributed by atoms with van der Waals surface area (Å²) in [5.41, 5.74) is 0.359. The molecular formula is C12H15F2NO. The third-order valence-electron chi connectivity index (χ3n) is 3.10. The molecule has 1 saturated heterocycles. The van der Waals surface area contributed by atoms with Gasteiger partial charge in [-0.15, -0.1) is 0 Å². The highest BCUT2D eigenvalue weighted by atomic mass is 19.1. The number of benzene rings is 1. The van der Waals surface area contributed by atoms with E-state index >= 15 is 0 Å². The van der Waals surface area contributed by atoms with Crippen LogP contribution in [0.2, 0.25) is 0 Å². The molecule has 0 saturated carbocycles. The molecule has 0 aliphatic carbocycles. The van der Waals surface area contributed by atoms with Crippen molar-refractivity contribution < 1.29 is 13.9 Å². The highest BCUT2D eigenvalue weighted by Crippen LogP contribution is 2.28. The summed E-state index contributed by atoms with van der Waals surface area (Å²) in [6.45, 7) is 0.834. The molecule has 2 nitrogen and oxygen atoms in total. The van der Waals surface area contributed by atoms with Gasteiger partial charge in [0.15, 0.2) is 0 Å². The lowest BCUT2D eigenvalue weighted by molar-refractivity contribution is 0.175. The van der Waals surface area contributed by atoms with E-state index in [1.807, 2.05) is 0 Å². The summed E-state index contributed by atoms with van der Waals surface area (Å²) in [7, 11) is 0. The van der Waals surface area contributed by atoms with Crippen molar-refractivity contribution in [1.29, 1.82) is 0 Å². The molecule has 0 spiro atoms. The maximum atomic E-state index is 13.5. The zero-order valence-corrected chi connectivity index (χ0v) is 8.92. The van der Waals surface area contributed by atoms with E-state index in [9.17, 15) is 8.78 Å². The van der Waals surface area contributed by atoms with Gasteiger partial charge in [0, 0.05) is 18.2 Å². The van der Waals surface area contributed by atoms with Crippen LogP contribution in [0.15, 0.2) is 18.2 Å². The van der Waals surface area contributed by atoms with E-state index in [1.54, 1.807) is 0 Å². The van der Waals surface area contributed by atoms with Crippen molar-refractivity contribution in [1.82, 2.24) is 5.32 Å². The summed E-state index contributed by atoms with van der Waals surface area (Å²) in [5.74, 6) is -0.643. The SMILES string of the molecule is OCC1CCNC(c2cc(F)ccc2F)C1. The van der Waals surface area contributed by atoms with Crippen LogP contribution >= 0.6 is 0 Å². The monoisotopic (exact) mass is 227 g/mol. The van der Waals surface area contributed by atoms with Crippen LogP contribution in [0.1, 0.15) is 24.4 Å². The molecule has 1 fully saturated rings. The van der Waals surface area contributed by atoms with E-state index in [-0.39, 0.29) is 18.6 Å². The Morgan fingerprint density at radius 3 is 2.94 bits per heavy atom. The van der Waals surface area contributed by atoms with Crippen LogP contribution in [0.4, 0.5) is 8.78 Å². The quantitative estimate of drug-likeness (QED) is 0.810. The largest absolute Gasteiger partial charge is 0.396 e. The third kappa shape index (κ3) is 2.39. The molecule has 0 radical (unpaired) electrons. The Hall–Kier alpha value is -1.00. The van der Waals surface area contributed by atoms with Gasteiger partial charge in [0.1, 0.15) is 11.6 Å². The van der Waals surface area contributed by atoms with Crippen molar-refractivity contribution in [3.63, 3.8) is 0 Å². The molecule has 88 valence electrons. The lowest BCUT2D eigenvalue weighted by atomic mass is 9.89. The standard InChI is InChI=1S/C12H15F2NO/c13-9-1-2-11(14)10(6-9)12-5-8(7-16)3-4-15-12/h1-2,6,8,12,15-16H,3-5,7H2. The Kier molecular flexibility index (Phi) is 3.51. The number of hydrogen-bond acceptors (Lipinski definition) is 2. The van der Waals surface area contributed by atoms with Gasteiger partial charge in [-0.05, 0) is 43.5 Å². The predicted molar refractivity (Wildman–Crippen MR) is 56.9 cm³/mol. The molecule has 4 heteroatoms. The second-order valence-corrected chi connectivity index (χ2v) is 4.25. The fraction of sp³-hybridized carbons (Fsp3) is 0.500. The van der Waals surface area contributed by atoms with Gasteiger partial charge in [-0.3, -0.25) is 0 Å². The summed E-state index contributed by atoms with van der Waals surface area (Å²) >= 11 is 0. The van der Waals surface area contributed by atoms with Crippen molar-refractivity contribution in [3.8, 4) is 0 Å². The van der Waals surface area contributed by atoms with Crippen LogP contribution in [0, 0.1) is 17.6 Å². The number of halogens is 2. The van der Waals surface area contributed by atoms with Gasteiger partial charge in [-0.25, -0.2) is 8.78 Å². The Bertz CT molecular complexity index is 370. The summed E-state index contributed by atoms with van der Waals surface area (Å²) in [6.07, 6.45) is 1.53. The molecule has 1 aliphatic rings. The highest BCUT2D eigenvalue weighted by molar-refractivity contribution is 5.22. The van der Waals surface area contributed by atoms with Crippen LogP contribution in [0.5, 0.6) is 0 Å².